The van der Waals surface area contributed by atoms with Crippen LogP contribution in [0.4, 0.5) is 5.69 Å². The molecule has 0 aliphatic rings. The highest BCUT2D eigenvalue weighted by Gasteiger charge is 2.19. The Kier molecular flexibility index (Phi) is 3.58. The van der Waals surface area contributed by atoms with Gasteiger partial charge in [-0.05, 0) is 22.0 Å². The number of carbonyl (C=O) groups is 1. The van der Waals surface area contributed by atoms with E-state index in [4.69, 9.17) is 10.4 Å². The lowest BCUT2D eigenvalue weighted by atomic mass is 10.1. The van der Waals surface area contributed by atoms with Gasteiger partial charge in [0.05, 0.1) is 16.9 Å². The normalized spacial score (nSPS) is 9.50. The fourth-order valence-corrected chi connectivity index (χ4v) is 1.64. The second-order valence-electron chi connectivity index (χ2n) is 2.90. The van der Waals surface area contributed by atoms with Crippen LogP contribution in [0.15, 0.2) is 16.6 Å². The Labute approximate surface area is 98.4 Å². The fraction of sp³-hybridized carbons (Fsp3) is 0.111. The largest absolute Gasteiger partial charge is 0.481 e. The molecule has 0 spiro atoms. The number of nitro groups is 1. The standard InChI is InChI=1S/C9H5BrN2O4/c10-7-1-5(3-9(13)14)8(12(15)16)2-6(7)4-11/h1-2H,3H2,(H,13,14). The summed E-state index contributed by atoms with van der Waals surface area (Å²) in [6.07, 6.45) is -0.458. The molecule has 6 nitrogen and oxygen atoms in total. The Morgan fingerprint density at radius 1 is 1.62 bits per heavy atom. The van der Waals surface area contributed by atoms with E-state index in [9.17, 15) is 14.9 Å². The molecule has 16 heavy (non-hydrogen) atoms. The van der Waals surface area contributed by atoms with Crippen molar-refractivity contribution in [3.05, 3.63) is 37.8 Å². The number of carboxylic acids is 1. The van der Waals surface area contributed by atoms with E-state index in [2.05, 4.69) is 15.9 Å². The number of nitro benzene ring substituents is 1. The van der Waals surface area contributed by atoms with Gasteiger partial charge in [-0.15, -0.1) is 0 Å². The van der Waals surface area contributed by atoms with E-state index in [1.54, 1.807) is 6.07 Å². The van der Waals surface area contributed by atoms with Crippen LogP contribution in [0.3, 0.4) is 0 Å². The summed E-state index contributed by atoms with van der Waals surface area (Å²) in [7, 11) is 0. The minimum atomic E-state index is -1.17. The van der Waals surface area contributed by atoms with Gasteiger partial charge in [-0.25, -0.2) is 0 Å². The molecule has 1 aromatic rings. The molecule has 0 heterocycles. The highest BCUT2D eigenvalue weighted by atomic mass is 79.9. The van der Waals surface area contributed by atoms with Crippen LogP contribution in [0.5, 0.6) is 0 Å². The fourth-order valence-electron chi connectivity index (χ4n) is 1.16. The number of carboxylic acid groups (broad SMARTS) is 1. The third-order valence-corrected chi connectivity index (χ3v) is 2.48. The van der Waals surface area contributed by atoms with Crippen molar-refractivity contribution >= 4 is 27.6 Å². The SMILES string of the molecule is N#Cc1cc([N+](=O)[O-])c(CC(=O)O)cc1Br. The van der Waals surface area contributed by atoms with Crippen LogP contribution in [0.1, 0.15) is 11.1 Å². The first-order valence-electron chi connectivity index (χ1n) is 4.04. The van der Waals surface area contributed by atoms with Crippen LogP contribution in [0.25, 0.3) is 0 Å². The van der Waals surface area contributed by atoms with Gasteiger partial charge in [0.2, 0.25) is 0 Å². The maximum atomic E-state index is 10.7. The van der Waals surface area contributed by atoms with E-state index in [0.29, 0.717) is 4.47 Å². The monoisotopic (exact) mass is 284 g/mol. The van der Waals surface area contributed by atoms with Crippen molar-refractivity contribution in [3.8, 4) is 6.07 Å². The maximum Gasteiger partial charge on any atom is 0.308 e. The van der Waals surface area contributed by atoms with Crippen LogP contribution < -0.4 is 0 Å². The van der Waals surface area contributed by atoms with Crippen molar-refractivity contribution in [1.82, 2.24) is 0 Å². The maximum absolute atomic E-state index is 10.7. The van der Waals surface area contributed by atoms with E-state index >= 15 is 0 Å². The van der Waals surface area contributed by atoms with Crippen molar-refractivity contribution < 1.29 is 14.8 Å². The summed E-state index contributed by atoms with van der Waals surface area (Å²) in [5.41, 5.74) is -0.202. The van der Waals surface area contributed by atoms with Crippen molar-refractivity contribution in [2.75, 3.05) is 0 Å². The molecule has 1 aromatic carbocycles. The molecule has 0 saturated carbocycles. The molecule has 0 bridgehead atoms. The Morgan fingerprint density at radius 3 is 2.69 bits per heavy atom. The van der Waals surface area contributed by atoms with Crippen LogP contribution in [-0.4, -0.2) is 16.0 Å². The van der Waals surface area contributed by atoms with Gasteiger partial charge >= 0.3 is 5.97 Å². The Hall–Kier alpha value is -1.94. The molecule has 0 fully saturated rings. The van der Waals surface area contributed by atoms with Gasteiger partial charge < -0.3 is 5.11 Å². The summed E-state index contributed by atoms with van der Waals surface area (Å²) in [5.74, 6) is -1.17. The summed E-state index contributed by atoms with van der Waals surface area (Å²) in [6, 6.07) is 4.11. The van der Waals surface area contributed by atoms with Crippen LogP contribution in [0, 0.1) is 21.4 Å². The topological polar surface area (TPSA) is 104 Å². The Balaban J connectivity index is 3.37. The molecule has 82 valence electrons. The smallest absolute Gasteiger partial charge is 0.308 e. The Bertz CT molecular complexity index is 507. The lowest BCUT2D eigenvalue weighted by Gasteiger charge is -2.02. The van der Waals surface area contributed by atoms with Crippen molar-refractivity contribution in [3.63, 3.8) is 0 Å². The third kappa shape index (κ3) is 2.55. The average molecular weight is 285 g/mol. The van der Waals surface area contributed by atoms with Crippen molar-refractivity contribution in [2.24, 2.45) is 0 Å². The van der Waals surface area contributed by atoms with Gasteiger partial charge in [0.1, 0.15) is 6.07 Å². The first-order chi connectivity index (χ1) is 7.45. The molecule has 0 aromatic heterocycles. The quantitative estimate of drug-likeness (QED) is 0.674. The highest BCUT2D eigenvalue weighted by Crippen LogP contribution is 2.27. The van der Waals surface area contributed by atoms with Gasteiger partial charge in [0.15, 0.2) is 0 Å². The average Bonchev–Trinajstić information content (AvgIpc) is 2.16. The summed E-state index contributed by atoms with van der Waals surface area (Å²) < 4.78 is 0.344. The molecule has 0 saturated heterocycles. The number of nitrogens with zero attached hydrogens (tertiary/aromatic N) is 2. The number of rotatable bonds is 3. The van der Waals surface area contributed by atoms with E-state index in [1.165, 1.54) is 6.07 Å². The van der Waals surface area contributed by atoms with E-state index in [-0.39, 0.29) is 16.8 Å². The molecule has 0 unspecified atom stereocenters. The van der Waals surface area contributed by atoms with Crippen molar-refractivity contribution in [2.45, 2.75) is 6.42 Å². The second-order valence-corrected chi connectivity index (χ2v) is 3.75. The Morgan fingerprint density at radius 2 is 2.25 bits per heavy atom. The first kappa shape index (κ1) is 12.1. The number of halogens is 1. The molecule has 7 heteroatoms. The van der Waals surface area contributed by atoms with E-state index in [0.717, 1.165) is 6.07 Å². The van der Waals surface area contributed by atoms with Gasteiger partial charge in [0.25, 0.3) is 5.69 Å². The van der Waals surface area contributed by atoms with Crippen molar-refractivity contribution in [1.29, 1.82) is 5.26 Å². The summed E-state index contributed by atoms with van der Waals surface area (Å²) in [5, 5.41) is 27.9. The van der Waals surface area contributed by atoms with Gasteiger partial charge in [0, 0.05) is 16.1 Å². The zero-order valence-corrected chi connectivity index (χ0v) is 9.39. The third-order valence-electron chi connectivity index (χ3n) is 1.83. The van der Waals surface area contributed by atoms with Crippen LogP contribution >= 0.6 is 15.9 Å². The lowest BCUT2D eigenvalue weighted by molar-refractivity contribution is -0.385. The molecule has 0 atom stereocenters. The number of hydrogen-bond acceptors (Lipinski definition) is 4. The van der Waals surface area contributed by atoms with Gasteiger partial charge in [-0.3, -0.25) is 14.9 Å². The van der Waals surface area contributed by atoms with Gasteiger partial charge in [-0.2, -0.15) is 5.26 Å². The molecule has 0 aliphatic heterocycles. The minimum absolute atomic E-state index is 0.0587. The second kappa shape index (κ2) is 4.72. The molecule has 0 aliphatic carbocycles. The minimum Gasteiger partial charge on any atom is -0.481 e. The highest BCUT2D eigenvalue weighted by molar-refractivity contribution is 9.10. The van der Waals surface area contributed by atoms with E-state index < -0.39 is 17.3 Å². The molecule has 0 amide bonds. The first-order valence-corrected chi connectivity index (χ1v) is 4.83. The lowest BCUT2D eigenvalue weighted by Crippen LogP contribution is -2.04. The number of benzene rings is 1. The molecule has 0 radical (unpaired) electrons. The molecule has 1 N–H and O–H groups in total. The predicted octanol–water partition coefficient (Wildman–Crippen LogP) is 1.86. The number of nitriles is 1. The molecule has 1 rings (SSSR count). The number of hydrogen-bond donors (Lipinski definition) is 1. The van der Waals surface area contributed by atoms with Gasteiger partial charge in [-0.1, -0.05) is 0 Å². The molecular formula is C9H5BrN2O4. The van der Waals surface area contributed by atoms with E-state index in [1.807, 2.05) is 0 Å². The predicted molar refractivity (Wildman–Crippen MR) is 56.9 cm³/mol. The number of aliphatic carboxylic acids is 1. The summed E-state index contributed by atoms with van der Waals surface area (Å²) >= 11 is 3.04. The molecular weight excluding hydrogens is 280 g/mol. The summed E-state index contributed by atoms with van der Waals surface area (Å²) in [4.78, 5) is 20.5. The zero-order valence-electron chi connectivity index (χ0n) is 7.81. The summed E-state index contributed by atoms with van der Waals surface area (Å²) in [6.45, 7) is 0. The zero-order chi connectivity index (χ0) is 12.3. The van der Waals surface area contributed by atoms with Crippen LogP contribution in [0.2, 0.25) is 0 Å². The van der Waals surface area contributed by atoms with Crippen LogP contribution in [-0.2, 0) is 11.2 Å².